The minimum absolute atomic E-state index is 0.0149. The summed E-state index contributed by atoms with van der Waals surface area (Å²) >= 11 is 0. The molecule has 1 unspecified atom stereocenters. The SMILES string of the molecule is CCN1CCN(c2ccc(F)cc2C(C)NC(=O)c2ccccc2[N+](=O)[O-])CC1. The number of anilines is 1. The molecule has 0 saturated carbocycles. The molecular formula is C21H25FN4O3. The zero-order valence-corrected chi connectivity index (χ0v) is 16.6. The van der Waals surface area contributed by atoms with Crippen LogP contribution in [0.5, 0.6) is 0 Å². The zero-order valence-electron chi connectivity index (χ0n) is 16.6. The zero-order chi connectivity index (χ0) is 21.0. The van der Waals surface area contributed by atoms with Gasteiger partial charge in [-0.1, -0.05) is 19.1 Å². The Kier molecular flexibility index (Phi) is 6.43. The van der Waals surface area contributed by atoms with Crippen LogP contribution in [0, 0.1) is 15.9 Å². The lowest BCUT2D eigenvalue weighted by Gasteiger charge is -2.37. The third-order valence-corrected chi connectivity index (χ3v) is 5.31. The average molecular weight is 400 g/mol. The van der Waals surface area contributed by atoms with Gasteiger partial charge in [0.15, 0.2) is 0 Å². The van der Waals surface area contributed by atoms with Crippen LogP contribution in [-0.2, 0) is 0 Å². The van der Waals surface area contributed by atoms with Crippen molar-refractivity contribution in [1.82, 2.24) is 10.2 Å². The molecule has 7 nitrogen and oxygen atoms in total. The van der Waals surface area contributed by atoms with Crippen molar-refractivity contribution in [3.63, 3.8) is 0 Å². The monoisotopic (exact) mass is 400 g/mol. The smallest absolute Gasteiger partial charge is 0.282 e. The van der Waals surface area contributed by atoms with Crippen LogP contribution in [0.1, 0.15) is 35.8 Å². The molecule has 1 N–H and O–H groups in total. The summed E-state index contributed by atoms with van der Waals surface area (Å²) in [6.07, 6.45) is 0. The van der Waals surface area contributed by atoms with E-state index in [0.717, 1.165) is 38.4 Å². The number of nitrogens with one attached hydrogen (secondary N) is 1. The maximum Gasteiger partial charge on any atom is 0.282 e. The van der Waals surface area contributed by atoms with Gasteiger partial charge in [-0.25, -0.2) is 4.39 Å². The largest absolute Gasteiger partial charge is 0.369 e. The Morgan fingerprint density at radius 3 is 2.55 bits per heavy atom. The fourth-order valence-corrected chi connectivity index (χ4v) is 3.64. The van der Waals surface area contributed by atoms with Gasteiger partial charge < -0.3 is 15.1 Å². The van der Waals surface area contributed by atoms with Crippen molar-refractivity contribution in [3.8, 4) is 0 Å². The molecular weight excluding hydrogens is 375 g/mol. The number of rotatable bonds is 6. The summed E-state index contributed by atoms with van der Waals surface area (Å²) in [6, 6.07) is 9.86. The summed E-state index contributed by atoms with van der Waals surface area (Å²) in [5, 5.41) is 14.0. The number of carbonyl (C=O) groups is 1. The van der Waals surface area contributed by atoms with Crippen molar-refractivity contribution >= 4 is 17.3 Å². The van der Waals surface area contributed by atoms with Gasteiger partial charge in [-0.05, 0) is 37.7 Å². The van der Waals surface area contributed by atoms with Crippen LogP contribution in [0.2, 0.25) is 0 Å². The summed E-state index contributed by atoms with van der Waals surface area (Å²) < 4.78 is 14.0. The first kappa shape index (κ1) is 20.7. The summed E-state index contributed by atoms with van der Waals surface area (Å²) in [5.74, 6) is -0.946. The number of hydrogen-bond donors (Lipinski definition) is 1. The number of piperazine rings is 1. The Balaban J connectivity index is 1.82. The fraction of sp³-hybridized carbons (Fsp3) is 0.381. The van der Waals surface area contributed by atoms with Crippen molar-refractivity contribution in [2.75, 3.05) is 37.6 Å². The number of nitrogens with zero attached hydrogens (tertiary/aromatic N) is 3. The molecule has 29 heavy (non-hydrogen) atoms. The Morgan fingerprint density at radius 2 is 1.90 bits per heavy atom. The van der Waals surface area contributed by atoms with Crippen LogP contribution in [0.25, 0.3) is 0 Å². The van der Waals surface area contributed by atoms with E-state index in [0.29, 0.717) is 5.56 Å². The molecule has 1 aliphatic rings. The van der Waals surface area contributed by atoms with E-state index in [1.807, 2.05) is 0 Å². The lowest BCUT2D eigenvalue weighted by Crippen LogP contribution is -2.46. The van der Waals surface area contributed by atoms with E-state index in [-0.39, 0.29) is 17.1 Å². The average Bonchev–Trinajstić information content (AvgIpc) is 2.73. The van der Waals surface area contributed by atoms with Crippen LogP contribution in [0.3, 0.4) is 0 Å². The Bertz CT molecular complexity index is 897. The summed E-state index contributed by atoms with van der Waals surface area (Å²) in [5.41, 5.74) is 1.26. The standard InChI is InChI=1S/C21H25FN4O3/c1-3-24-10-12-25(13-11-24)19-9-8-16(22)14-18(19)15(2)23-21(27)17-6-4-5-7-20(17)26(28)29/h4-9,14-15H,3,10-13H2,1-2H3,(H,23,27). The van der Waals surface area contributed by atoms with E-state index in [1.54, 1.807) is 19.1 Å². The lowest BCUT2D eigenvalue weighted by atomic mass is 10.0. The predicted molar refractivity (Wildman–Crippen MR) is 110 cm³/mol. The maximum absolute atomic E-state index is 14.0. The Labute approximate surface area is 169 Å². The first-order chi connectivity index (χ1) is 13.9. The molecule has 2 aromatic rings. The molecule has 8 heteroatoms. The van der Waals surface area contributed by atoms with Crippen molar-refractivity contribution in [3.05, 3.63) is 69.5 Å². The molecule has 0 aliphatic carbocycles. The van der Waals surface area contributed by atoms with Gasteiger partial charge in [-0.3, -0.25) is 14.9 Å². The molecule has 154 valence electrons. The Hall–Kier alpha value is -3.00. The maximum atomic E-state index is 14.0. The van der Waals surface area contributed by atoms with Gasteiger partial charge in [0.2, 0.25) is 0 Å². The highest BCUT2D eigenvalue weighted by Gasteiger charge is 2.24. The molecule has 0 radical (unpaired) electrons. The van der Waals surface area contributed by atoms with Crippen LogP contribution >= 0.6 is 0 Å². The van der Waals surface area contributed by atoms with Gasteiger partial charge in [0.05, 0.1) is 11.0 Å². The number of hydrogen-bond acceptors (Lipinski definition) is 5. The molecule has 1 atom stereocenters. The highest BCUT2D eigenvalue weighted by Crippen LogP contribution is 2.29. The molecule has 0 aromatic heterocycles. The van der Waals surface area contributed by atoms with Crippen LogP contribution in [0.15, 0.2) is 42.5 Å². The van der Waals surface area contributed by atoms with Gasteiger partial charge in [-0.2, -0.15) is 0 Å². The number of para-hydroxylation sites is 1. The van der Waals surface area contributed by atoms with E-state index in [1.165, 1.54) is 30.3 Å². The van der Waals surface area contributed by atoms with E-state index < -0.39 is 16.9 Å². The molecule has 1 aliphatic heterocycles. The molecule has 1 heterocycles. The summed E-state index contributed by atoms with van der Waals surface area (Å²) in [6.45, 7) is 8.35. The normalized spacial score (nSPS) is 15.8. The number of benzene rings is 2. The topological polar surface area (TPSA) is 78.7 Å². The van der Waals surface area contributed by atoms with E-state index >= 15 is 0 Å². The van der Waals surface area contributed by atoms with E-state index in [9.17, 15) is 19.3 Å². The first-order valence-electron chi connectivity index (χ1n) is 9.71. The molecule has 0 bridgehead atoms. The second kappa shape index (κ2) is 9.00. The highest BCUT2D eigenvalue weighted by atomic mass is 19.1. The fourth-order valence-electron chi connectivity index (χ4n) is 3.64. The van der Waals surface area contributed by atoms with E-state index in [2.05, 4.69) is 22.0 Å². The van der Waals surface area contributed by atoms with Gasteiger partial charge in [-0.15, -0.1) is 0 Å². The number of amides is 1. The molecule has 1 fully saturated rings. The quantitative estimate of drug-likeness (QED) is 0.594. The van der Waals surface area contributed by atoms with Crippen LogP contribution in [0.4, 0.5) is 15.8 Å². The second-order valence-electron chi connectivity index (χ2n) is 7.09. The van der Waals surface area contributed by atoms with Crippen LogP contribution in [-0.4, -0.2) is 48.5 Å². The minimum Gasteiger partial charge on any atom is -0.369 e. The summed E-state index contributed by atoms with van der Waals surface area (Å²) in [7, 11) is 0. The predicted octanol–water partition coefficient (Wildman–Crippen LogP) is 3.37. The van der Waals surface area contributed by atoms with Gasteiger partial charge >= 0.3 is 0 Å². The van der Waals surface area contributed by atoms with Gasteiger partial charge in [0.25, 0.3) is 11.6 Å². The molecule has 0 spiro atoms. The number of nitro groups is 1. The number of likely N-dealkylation sites (N-methyl/N-ethyl adjacent to an activating group) is 1. The lowest BCUT2D eigenvalue weighted by molar-refractivity contribution is -0.385. The first-order valence-corrected chi connectivity index (χ1v) is 9.71. The Morgan fingerprint density at radius 1 is 1.21 bits per heavy atom. The third kappa shape index (κ3) is 4.71. The third-order valence-electron chi connectivity index (χ3n) is 5.31. The number of nitro benzene ring substituents is 1. The molecule has 2 aromatic carbocycles. The van der Waals surface area contributed by atoms with Gasteiger partial charge in [0, 0.05) is 43.5 Å². The van der Waals surface area contributed by atoms with E-state index in [4.69, 9.17) is 0 Å². The number of carbonyl (C=O) groups excluding carboxylic acids is 1. The highest BCUT2D eigenvalue weighted by molar-refractivity contribution is 5.98. The van der Waals surface area contributed by atoms with Gasteiger partial charge in [0.1, 0.15) is 11.4 Å². The molecule has 1 saturated heterocycles. The molecule has 3 rings (SSSR count). The minimum atomic E-state index is -0.583. The summed E-state index contributed by atoms with van der Waals surface area (Å²) in [4.78, 5) is 27.8. The van der Waals surface area contributed by atoms with Crippen molar-refractivity contribution in [1.29, 1.82) is 0 Å². The van der Waals surface area contributed by atoms with Crippen LogP contribution < -0.4 is 10.2 Å². The van der Waals surface area contributed by atoms with Crippen molar-refractivity contribution < 1.29 is 14.1 Å². The van der Waals surface area contributed by atoms with Crippen molar-refractivity contribution in [2.45, 2.75) is 19.9 Å². The second-order valence-corrected chi connectivity index (χ2v) is 7.09. The van der Waals surface area contributed by atoms with Crippen molar-refractivity contribution in [2.24, 2.45) is 0 Å². The molecule has 1 amide bonds. The number of halogens is 1.